The molecule has 1 unspecified atom stereocenters. The zero-order chi connectivity index (χ0) is 12.1. The lowest BCUT2D eigenvalue weighted by Crippen LogP contribution is -2.37. The average Bonchev–Trinajstić information content (AvgIpc) is 2.62. The van der Waals surface area contributed by atoms with E-state index in [2.05, 4.69) is 40.1 Å². The summed E-state index contributed by atoms with van der Waals surface area (Å²) in [5, 5.41) is 3.77. The van der Waals surface area contributed by atoms with E-state index in [-0.39, 0.29) is 11.9 Å². The van der Waals surface area contributed by atoms with E-state index >= 15 is 0 Å². The number of amides is 1. The number of carbonyl (C=O) groups is 1. The molecule has 0 saturated carbocycles. The van der Waals surface area contributed by atoms with Crippen molar-refractivity contribution in [2.75, 3.05) is 5.33 Å². The van der Waals surface area contributed by atoms with Crippen LogP contribution in [-0.2, 0) is 7.05 Å². The van der Waals surface area contributed by atoms with Crippen molar-refractivity contribution >= 4 is 21.8 Å². The van der Waals surface area contributed by atoms with Gasteiger partial charge in [0.2, 0.25) is 0 Å². The molecule has 5 heteroatoms. The van der Waals surface area contributed by atoms with Gasteiger partial charge in [-0.1, -0.05) is 29.8 Å². The molecule has 1 heterocycles. The molecule has 0 aliphatic heterocycles. The van der Waals surface area contributed by atoms with Crippen molar-refractivity contribution in [2.45, 2.75) is 26.3 Å². The molecule has 0 aliphatic rings. The number of nitrogens with one attached hydrogen (secondary N) is 1. The smallest absolute Gasteiger partial charge is 0.269 e. The fraction of sp³-hybridized carbons (Fsp3) is 0.636. The Labute approximate surface area is 105 Å². The molecule has 16 heavy (non-hydrogen) atoms. The van der Waals surface area contributed by atoms with Crippen LogP contribution < -0.4 is 5.32 Å². The molecule has 0 radical (unpaired) electrons. The van der Waals surface area contributed by atoms with Crippen LogP contribution in [0.25, 0.3) is 0 Å². The summed E-state index contributed by atoms with van der Waals surface area (Å²) in [6.45, 7) is 4.29. The number of nitrogens with zero attached hydrogens (tertiary/aromatic N) is 2. The normalized spacial score (nSPS) is 12.8. The number of rotatable bonds is 5. The van der Waals surface area contributed by atoms with Crippen LogP contribution in [0.5, 0.6) is 0 Å². The Morgan fingerprint density at radius 2 is 2.31 bits per heavy atom. The maximum Gasteiger partial charge on any atom is 0.269 e. The number of aromatic nitrogens is 2. The number of halogens is 1. The second-order valence-electron chi connectivity index (χ2n) is 4.34. The highest BCUT2D eigenvalue weighted by Crippen LogP contribution is 2.08. The van der Waals surface area contributed by atoms with Crippen LogP contribution in [0.2, 0.25) is 0 Å². The Bertz CT molecular complexity index is 349. The van der Waals surface area contributed by atoms with Crippen molar-refractivity contribution in [1.29, 1.82) is 0 Å². The Hall–Kier alpha value is -0.840. The molecule has 1 amide bonds. The van der Waals surface area contributed by atoms with Crippen molar-refractivity contribution in [3.05, 3.63) is 18.2 Å². The first-order valence-corrected chi connectivity index (χ1v) is 6.50. The van der Waals surface area contributed by atoms with Gasteiger partial charge in [-0.15, -0.1) is 0 Å². The molecule has 0 saturated heterocycles. The standard InChI is InChI=1S/C11H18BrN3O/c1-8(2)4-9(5-12)14-11(16)10-6-13-7-15(10)3/h6-9H,4-5H2,1-3H3,(H,14,16). The second kappa shape index (κ2) is 6.03. The van der Waals surface area contributed by atoms with Gasteiger partial charge in [-0.2, -0.15) is 0 Å². The van der Waals surface area contributed by atoms with E-state index in [4.69, 9.17) is 0 Å². The van der Waals surface area contributed by atoms with Crippen LogP contribution in [-0.4, -0.2) is 26.8 Å². The Morgan fingerprint density at radius 3 is 2.75 bits per heavy atom. The summed E-state index contributed by atoms with van der Waals surface area (Å²) in [4.78, 5) is 15.8. The zero-order valence-electron chi connectivity index (χ0n) is 9.90. The van der Waals surface area contributed by atoms with E-state index in [1.165, 1.54) is 0 Å². The summed E-state index contributed by atoms with van der Waals surface area (Å²) in [5.41, 5.74) is 0.592. The van der Waals surface area contributed by atoms with Gasteiger partial charge in [0.15, 0.2) is 0 Å². The first-order valence-electron chi connectivity index (χ1n) is 5.37. The predicted octanol–water partition coefficient (Wildman–Crippen LogP) is 1.96. The summed E-state index contributed by atoms with van der Waals surface area (Å²) in [5.74, 6) is 0.500. The third-order valence-electron chi connectivity index (χ3n) is 2.33. The van der Waals surface area contributed by atoms with Gasteiger partial charge >= 0.3 is 0 Å². The van der Waals surface area contributed by atoms with Crippen molar-refractivity contribution in [2.24, 2.45) is 13.0 Å². The minimum atomic E-state index is -0.0647. The summed E-state index contributed by atoms with van der Waals surface area (Å²) < 4.78 is 1.72. The summed E-state index contributed by atoms with van der Waals surface area (Å²) in [7, 11) is 1.81. The van der Waals surface area contributed by atoms with Gasteiger partial charge in [0.1, 0.15) is 5.69 Å². The number of imidazole rings is 1. The lowest BCUT2D eigenvalue weighted by molar-refractivity contribution is 0.0929. The SMILES string of the molecule is CC(C)CC(CBr)NC(=O)c1cncn1C. The largest absolute Gasteiger partial charge is 0.347 e. The van der Waals surface area contributed by atoms with Crippen LogP contribution in [0.15, 0.2) is 12.5 Å². The van der Waals surface area contributed by atoms with E-state index in [1.807, 2.05) is 7.05 Å². The zero-order valence-corrected chi connectivity index (χ0v) is 11.5. The van der Waals surface area contributed by atoms with Gasteiger partial charge in [0.05, 0.1) is 12.5 Å². The van der Waals surface area contributed by atoms with Gasteiger partial charge in [0, 0.05) is 18.4 Å². The van der Waals surface area contributed by atoms with E-state index in [9.17, 15) is 4.79 Å². The highest BCUT2D eigenvalue weighted by molar-refractivity contribution is 9.09. The van der Waals surface area contributed by atoms with Crippen LogP contribution in [0, 0.1) is 5.92 Å². The second-order valence-corrected chi connectivity index (χ2v) is 4.99. The highest BCUT2D eigenvalue weighted by Gasteiger charge is 2.15. The maximum atomic E-state index is 11.9. The van der Waals surface area contributed by atoms with E-state index in [0.29, 0.717) is 11.6 Å². The molecular weight excluding hydrogens is 270 g/mol. The molecule has 1 aromatic heterocycles. The number of alkyl halides is 1. The minimum Gasteiger partial charge on any atom is -0.347 e. The molecule has 1 N–H and O–H groups in total. The third kappa shape index (κ3) is 3.63. The quantitative estimate of drug-likeness (QED) is 0.842. The van der Waals surface area contributed by atoms with Crippen LogP contribution >= 0.6 is 15.9 Å². The molecule has 0 fully saturated rings. The summed E-state index contributed by atoms with van der Waals surface area (Å²) in [6, 6.07) is 0.169. The van der Waals surface area contributed by atoms with Crippen molar-refractivity contribution < 1.29 is 4.79 Å². The monoisotopic (exact) mass is 287 g/mol. The summed E-state index contributed by atoms with van der Waals surface area (Å²) >= 11 is 3.42. The van der Waals surface area contributed by atoms with Gasteiger partial charge in [0.25, 0.3) is 5.91 Å². The Kier molecular flexibility index (Phi) is 4.99. The maximum absolute atomic E-state index is 11.9. The van der Waals surface area contributed by atoms with Crippen LogP contribution in [0.1, 0.15) is 30.8 Å². The number of aryl methyl sites for hydroxylation is 1. The number of hydrogen-bond donors (Lipinski definition) is 1. The Morgan fingerprint density at radius 1 is 1.62 bits per heavy atom. The van der Waals surface area contributed by atoms with Crippen molar-refractivity contribution in [3.8, 4) is 0 Å². The van der Waals surface area contributed by atoms with Crippen molar-refractivity contribution in [1.82, 2.24) is 14.9 Å². The third-order valence-corrected chi connectivity index (χ3v) is 3.11. The molecule has 1 atom stereocenters. The van der Waals surface area contributed by atoms with Crippen molar-refractivity contribution in [3.63, 3.8) is 0 Å². The van der Waals surface area contributed by atoms with Crippen LogP contribution in [0.4, 0.5) is 0 Å². The van der Waals surface area contributed by atoms with E-state index in [0.717, 1.165) is 11.8 Å². The first-order chi connectivity index (χ1) is 7.54. The van der Waals surface area contributed by atoms with Gasteiger partial charge in [-0.05, 0) is 12.3 Å². The molecular formula is C11H18BrN3O. The molecule has 90 valence electrons. The average molecular weight is 288 g/mol. The molecule has 0 aliphatic carbocycles. The molecule has 0 bridgehead atoms. The lowest BCUT2D eigenvalue weighted by atomic mass is 10.1. The van der Waals surface area contributed by atoms with Gasteiger partial charge in [-0.25, -0.2) is 4.98 Å². The van der Waals surface area contributed by atoms with Gasteiger partial charge < -0.3 is 9.88 Å². The number of carbonyl (C=O) groups excluding carboxylic acids is 1. The highest BCUT2D eigenvalue weighted by atomic mass is 79.9. The molecule has 4 nitrogen and oxygen atoms in total. The molecule has 0 spiro atoms. The van der Waals surface area contributed by atoms with Gasteiger partial charge in [-0.3, -0.25) is 4.79 Å². The topological polar surface area (TPSA) is 46.9 Å². The van der Waals surface area contributed by atoms with E-state index < -0.39 is 0 Å². The molecule has 1 rings (SSSR count). The summed E-state index contributed by atoms with van der Waals surface area (Å²) in [6.07, 6.45) is 4.17. The molecule has 0 aromatic carbocycles. The van der Waals surface area contributed by atoms with Crippen LogP contribution in [0.3, 0.4) is 0 Å². The predicted molar refractivity (Wildman–Crippen MR) is 67.7 cm³/mol. The first kappa shape index (κ1) is 13.2. The molecule has 1 aromatic rings. The lowest BCUT2D eigenvalue weighted by Gasteiger charge is -2.18. The Balaban J connectivity index is 2.59. The fourth-order valence-electron chi connectivity index (χ4n) is 1.56. The van der Waals surface area contributed by atoms with E-state index in [1.54, 1.807) is 17.1 Å². The fourth-order valence-corrected chi connectivity index (χ4v) is 1.99. The minimum absolute atomic E-state index is 0.0647. The number of hydrogen-bond acceptors (Lipinski definition) is 2.